The molecule has 0 bridgehead atoms. The van der Waals surface area contributed by atoms with Gasteiger partial charge in [0.2, 0.25) is 0 Å². The van der Waals surface area contributed by atoms with Gasteiger partial charge in [0.25, 0.3) is 0 Å². The zero-order valence-corrected chi connectivity index (χ0v) is 18.5. The summed E-state index contributed by atoms with van der Waals surface area (Å²) in [5, 5.41) is -5.91. The summed E-state index contributed by atoms with van der Waals surface area (Å²) >= 11 is 0. The first-order valence-electron chi connectivity index (χ1n) is 9.45. The van der Waals surface area contributed by atoms with Crippen LogP contribution in [0.25, 0.3) is 0 Å². The van der Waals surface area contributed by atoms with Crippen molar-refractivity contribution >= 4 is 16.9 Å². The summed E-state index contributed by atoms with van der Waals surface area (Å²) in [6.45, 7) is 2.54. The molecule has 0 saturated heterocycles. The molecule has 0 aliphatic carbocycles. The first-order chi connectivity index (χ1) is 12.0. The van der Waals surface area contributed by atoms with Gasteiger partial charge in [-0.1, -0.05) is 0 Å². The zero-order valence-electron chi connectivity index (χ0n) is 16.7. The Bertz CT molecular complexity index is 539. The Morgan fingerprint density at radius 1 is 0.741 bits per heavy atom. The summed E-state index contributed by atoms with van der Waals surface area (Å²) in [6, 6.07) is 0. The predicted molar refractivity (Wildman–Crippen MR) is 102 cm³/mol. The van der Waals surface area contributed by atoms with Crippen LogP contribution >= 0.6 is 6.83 Å². The molecule has 0 N–H and O–H groups in total. The molecule has 0 unspecified atom stereocenters. The van der Waals surface area contributed by atoms with E-state index in [-0.39, 0.29) is 6.16 Å². The summed E-state index contributed by atoms with van der Waals surface area (Å²) in [5.41, 5.74) is 0. The maximum atomic E-state index is 13.2. The zero-order chi connectivity index (χ0) is 21.4. The third-order valence-corrected chi connectivity index (χ3v) is 9.99. The molecule has 0 fully saturated rings. The molecular weight excluding hydrogens is 410 g/mol. The second kappa shape index (κ2) is 10.1. The van der Waals surface area contributed by atoms with Gasteiger partial charge in [-0.15, -0.1) is 0 Å². The molecule has 0 aromatic rings. The summed E-state index contributed by atoms with van der Waals surface area (Å²) in [5.74, 6) is 0. The van der Waals surface area contributed by atoms with Crippen LogP contribution in [0.2, 0.25) is 0 Å². The van der Waals surface area contributed by atoms with E-state index in [9.17, 15) is 30.4 Å². The van der Waals surface area contributed by atoms with Crippen molar-refractivity contribution in [3.63, 3.8) is 0 Å². The van der Waals surface area contributed by atoms with E-state index in [0.717, 1.165) is 25.7 Å². The van der Waals surface area contributed by atoms with Gasteiger partial charge in [0.15, 0.2) is 0 Å². The fraction of sp³-hybridized carbons (Fsp3) is 1.00. The molecular formula is C17H34F5O3PS. The summed E-state index contributed by atoms with van der Waals surface area (Å²) in [6.07, 6.45) is 4.39. The van der Waals surface area contributed by atoms with Gasteiger partial charge in [-0.05, 0) is 0 Å². The first-order valence-corrected chi connectivity index (χ1v) is 14.5. The topological polar surface area (TPSA) is 43.4 Å². The molecule has 166 valence electrons. The molecule has 0 amide bonds. The molecule has 0 saturated carbocycles. The molecule has 0 heterocycles. The van der Waals surface area contributed by atoms with Crippen molar-refractivity contribution in [3.05, 3.63) is 0 Å². The van der Waals surface area contributed by atoms with E-state index >= 15 is 0 Å². The van der Waals surface area contributed by atoms with E-state index in [1.807, 2.05) is 0 Å². The van der Waals surface area contributed by atoms with E-state index in [0.29, 0.717) is 6.42 Å². The molecule has 10 heteroatoms. The standard InChI is InChI=1S/C17H34F5O3PS/c1-5-6-7-8-9-10-11-12-13-14-15-26(2,3,4)25-27(23,24)17(21,22)16(18,19)20/h5-15H2,1-4H3. The van der Waals surface area contributed by atoms with Crippen LogP contribution in [0.5, 0.6) is 0 Å². The van der Waals surface area contributed by atoms with Crippen LogP contribution < -0.4 is 0 Å². The molecule has 27 heavy (non-hydrogen) atoms. The van der Waals surface area contributed by atoms with E-state index in [4.69, 9.17) is 0 Å². The van der Waals surface area contributed by atoms with Crippen molar-refractivity contribution in [2.24, 2.45) is 0 Å². The first kappa shape index (κ1) is 27.0. The van der Waals surface area contributed by atoms with Crippen molar-refractivity contribution in [3.8, 4) is 0 Å². The molecule has 0 atom stereocenters. The second-order valence-electron chi connectivity index (χ2n) is 8.42. The average Bonchev–Trinajstić information content (AvgIpc) is 2.46. The van der Waals surface area contributed by atoms with Gasteiger partial charge in [-0.25, -0.2) is 0 Å². The Labute approximate surface area is 160 Å². The van der Waals surface area contributed by atoms with Gasteiger partial charge in [-0.2, -0.15) is 0 Å². The van der Waals surface area contributed by atoms with Gasteiger partial charge < -0.3 is 0 Å². The normalized spacial score (nSPS) is 15.5. The van der Waals surface area contributed by atoms with Crippen LogP contribution in [-0.4, -0.2) is 46.0 Å². The number of hydrogen-bond donors (Lipinski definition) is 0. The van der Waals surface area contributed by atoms with Crippen molar-refractivity contribution < 1.29 is 34.3 Å². The van der Waals surface area contributed by atoms with E-state index in [1.165, 1.54) is 52.1 Å². The van der Waals surface area contributed by atoms with Gasteiger partial charge in [0.05, 0.1) is 0 Å². The summed E-state index contributed by atoms with van der Waals surface area (Å²) in [4.78, 5) is 0. The molecule has 0 spiro atoms. The van der Waals surface area contributed by atoms with Crippen LogP contribution in [0, 0.1) is 0 Å². The van der Waals surface area contributed by atoms with Crippen molar-refractivity contribution in [2.45, 2.75) is 82.6 Å². The quantitative estimate of drug-likeness (QED) is 0.169. The number of hydrogen-bond acceptors (Lipinski definition) is 3. The molecule has 3 nitrogen and oxygen atoms in total. The van der Waals surface area contributed by atoms with Crippen LogP contribution in [0.1, 0.15) is 71.1 Å². The Balaban J connectivity index is 4.40. The Hall–Kier alpha value is -0.0100. The Morgan fingerprint density at radius 2 is 1.11 bits per heavy atom. The minimum absolute atomic E-state index is 0.176. The van der Waals surface area contributed by atoms with E-state index < -0.39 is 28.4 Å². The van der Waals surface area contributed by atoms with Crippen LogP contribution in [-0.2, 0) is 14.1 Å². The molecule has 0 aliphatic rings. The number of halogens is 5. The maximum absolute atomic E-state index is 13.2. The molecule has 0 rings (SSSR count). The molecule has 0 radical (unpaired) electrons. The van der Waals surface area contributed by atoms with Gasteiger partial charge in [0, 0.05) is 0 Å². The van der Waals surface area contributed by atoms with Crippen molar-refractivity contribution in [1.29, 1.82) is 0 Å². The van der Waals surface area contributed by atoms with E-state index in [2.05, 4.69) is 10.9 Å². The number of rotatable bonds is 14. The predicted octanol–water partition coefficient (Wildman–Crippen LogP) is 6.77. The number of alkyl halides is 5. The van der Waals surface area contributed by atoms with Crippen LogP contribution in [0.3, 0.4) is 0 Å². The van der Waals surface area contributed by atoms with E-state index in [1.54, 1.807) is 0 Å². The second-order valence-corrected chi connectivity index (χ2v) is 16.8. The molecule has 0 aromatic carbocycles. The molecule has 0 aliphatic heterocycles. The fourth-order valence-corrected chi connectivity index (χ4v) is 7.90. The average molecular weight is 444 g/mol. The van der Waals surface area contributed by atoms with Crippen LogP contribution in [0.4, 0.5) is 22.0 Å². The minimum atomic E-state index is -6.21. The third kappa shape index (κ3) is 9.84. The van der Waals surface area contributed by atoms with Gasteiger partial charge in [-0.3, -0.25) is 0 Å². The monoisotopic (exact) mass is 444 g/mol. The summed E-state index contributed by atoms with van der Waals surface area (Å²) in [7, 11) is -6.10. The fourth-order valence-electron chi connectivity index (χ4n) is 2.73. The number of unbranched alkanes of at least 4 members (excludes halogenated alkanes) is 9. The van der Waals surface area contributed by atoms with Gasteiger partial charge >= 0.3 is 160 Å². The third-order valence-electron chi connectivity index (χ3n) is 4.29. The van der Waals surface area contributed by atoms with Gasteiger partial charge in [0.1, 0.15) is 0 Å². The van der Waals surface area contributed by atoms with Crippen molar-refractivity contribution in [2.75, 3.05) is 26.2 Å². The van der Waals surface area contributed by atoms with Crippen molar-refractivity contribution in [1.82, 2.24) is 0 Å². The molecule has 0 aromatic heterocycles. The Kier molecular flexibility index (Phi) is 10.1. The Morgan fingerprint density at radius 3 is 1.48 bits per heavy atom. The SMILES string of the molecule is CCCCCCCCCCCCP(C)(C)(C)OS(=O)(=O)C(F)(F)C(F)(F)F. The van der Waals surface area contributed by atoms with Crippen LogP contribution in [0.15, 0.2) is 0 Å². The summed E-state index contributed by atoms with van der Waals surface area (Å²) < 4.78 is 91.1.